The lowest BCUT2D eigenvalue weighted by molar-refractivity contribution is -0.157. The standard InChI is InChI=1S/C19H28N4O5S2/c1-2-12(24)14-16(26)23-15(18(27)28)19(30-17(14)23)29-11-3-6-21(9-11)10-13(25)22-7-4-20-5-8-22/h11-12,14,17,20,24H,2-10H2,1H3,(H,27,28)/t11?,12-,14+,17+/m0/s1. The zero-order valence-corrected chi connectivity index (χ0v) is 18.6. The molecule has 3 fully saturated rings. The summed E-state index contributed by atoms with van der Waals surface area (Å²) in [6.45, 7) is 6.88. The minimum absolute atomic E-state index is 0.0508. The number of aliphatic hydroxyl groups is 1. The molecule has 4 rings (SSSR count). The third kappa shape index (κ3) is 4.10. The van der Waals surface area contributed by atoms with Crippen molar-refractivity contribution in [1.29, 1.82) is 0 Å². The van der Waals surface area contributed by atoms with Gasteiger partial charge in [-0.1, -0.05) is 18.7 Å². The second-order valence-corrected chi connectivity index (χ2v) is 10.7. The molecule has 1 unspecified atom stereocenters. The van der Waals surface area contributed by atoms with Crippen LogP contribution in [-0.2, 0) is 14.4 Å². The quantitative estimate of drug-likeness (QED) is 0.448. The molecule has 30 heavy (non-hydrogen) atoms. The summed E-state index contributed by atoms with van der Waals surface area (Å²) in [5.41, 5.74) is 0.0508. The third-order valence-electron chi connectivity index (χ3n) is 6.11. The van der Waals surface area contributed by atoms with E-state index in [1.807, 2.05) is 11.8 Å². The molecule has 11 heteroatoms. The topological polar surface area (TPSA) is 113 Å². The van der Waals surface area contributed by atoms with Gasteiger partial charge in [-0.25, -0.2) is 4.79 Å². The largest absolute Gasteiger partial charge is 0.477 e. The first-order valence-electron chi connectivity index (χ1n) is 10.4. The number of thioether (sulfide) groups is 2. The number of rotatable bonds is 7. The molecular formula is C19H28N4O5S2. The van der Waals surface area contributed by atoms with Crippen molar-refractivity contribution in [2.24, 2.45) is 5.92 Å². The monoisotopic (exact) mass is 456 g/mol. The number of carboxylic acids is 1. The molecule has 3 N–H and O–H groups in total. The smallest absolute Gasteiger partial charge is 0.354 e. The summed E-state index contributed by atoms with van der Waals surface area (Å²) in [6, 6.07) is 0. The van der Waals surface area contributed by atoms with Crippen molar-refractivity contribution in [3.05, 3.63) is 9.93 Å². The second-order valence-electron chi connectivity index (χ2n) is 8.05. The number of piperazine rings is 1. The van der Waals surface area contributed by atoms with Crippen LogP contribution in [0.3, 0.4) is 0 Å². The number of fused-ring (bicyclic) bond motifs is 1. The number of likely N-dealkylation sites (tertiary alicyclic amines) is 1. The molecule has 166 valence electrons. The first-order chi connectivity index (χ1) is 14.4. The van der Waals surface area contributed by atoms with E-state index in [4.69, 9.17) is 0 Å². The van der Waals surface area contributed by atoms with E-state index in [-0.39, 0.29) is 28.1 Å². The minimum Gasteiger partial charge on any atom is -0.477 e. The van der Waals surface area contributed by atoms with E-state index in [9.17, 15) is 24.6 Å². The Morgan fingerprint density at radius 1 is 1.30 bits per heavy atom. The number of nitrogens with zero attached hydrogens (tertiary/aromatic N) is 3. The van der Waals surface area contributed by atoms with E-state index >= 15 is 0 Å². The molecule has 0 radical (unpaired) electrons. The van der Waals surface area contributed by atoms with Crippen LogP contribution in [0.1, 0.15) is 19.8 Å². The van der Waals surface area contributed by atoms with Gasteiger partial charge in [-0.3, -0.25) is 19.4 Å². The average molecular weight is 457 g/mol. The average Bonchev–Trinajstić information content (AvgIpc) is 3.31. The molecule has 0 aromatic rings. The molecule has 2 amide bonds. The zero-order chi connectivity index (χ0) is 21.4. The number of β-lactam (4-membered cyclic amide) rings is 1. The zero-order valence-electron chi connectivity index (χ0n) is 17.0. The van der Waals surface area contributed by atoms with E-state index in [0.717, 1.165) is 45.7 Å². The fourth-order valence-electron chi connectivity index (χ4n) is 4.39. The highest BCUT2D eigenvalue weighted by molar-refractivity contribution is 8.23. The van der Waals surface area contributed by atoms with Gasteiger partial charge in [0.2, 0.25) is 11.8 Å². The third-order valence-corrected chi connectivity index (χ3v) is 8.97. The van der Waals surface area contributed by atoms with Crippen LogP contribution in [0.15, 0.2) is 9.93 Å². The van der Waals surface area contributed by atoms with Crippen molar-refractivity contribution in [3.63, 3.8) is 0 Å². The maximum absolute atomic E-state index is 12.5. The Balaban J connectivity index is 1.35. The van der Waals surface area contributed by atoms with Crippen LogP contribution < -0.4 is 5.32 Å². The predicted molar refractivity (Wildman–Crippen MR) is 115 cm³/mol. The van der Waals surface area contributed by atoms with Crippen LogP contribution in [0, 0.1) is 5.92 Å². The van der Waals surface area contributed by atoms with Crippen LogP contribution in [0.5, 0.6) is 0 Å². The number of carboxylic acid groups (broad SMARTS) is 1. The van der Waals surface area contributed by atoms with Crippen LogP contribution in [0.25, 0.3) is 0 Å². The summed E-state index contributed by atoms with van der Waals surface area (Å²) in [5.74, 6) is -1.79. The summed E-state index contributed by atoms with van der Waals surface area (Å²) >= 11 is 2.88. The van der Waals surface area contributed by atoms with Gasteiger partial charge in [-0.05, 0) is 19.4 Å². The van der Waals surface area contributed by atoms with Crippen molar-refractivity contribution in [1.82, 2.24) is 20.0 Å². The lowest BCUT2D eigenvalue weighted by atomic mass is 9.90. The number of amides is 2. The normalized spacial score (nSPS) is 30.5. The Labute approximate surface area is 184 Å². The predicted octanol–water partition coefficient (Wildman–Crippen LogP) is -0.218. The Bertz CT molecular complexity index is 757. The molecule has 4 aliphatic rings. The van der Waals surface area contributed by atoms with Gasteiger partial charge in [-0.15, -0.1) is 11.8 Å². The van der Waals surface area contributed by atoms with Gasteiger partial charge in [0.15, 0.2) is 5.70 Å². The van der Waals surface area contributed by atoms with E-state index in [1.54, 1.807) is 0 Å². The summed E-state index contributed by atoms with van der Waals surface area (Å²) in [4.78, 5) is 42.2. The number of aliphatic hydroxyl groups excluding tert-OH is 1. The van der Waals surface area contributed by atoms with E-state index in [1.165, 1.54) is 28.4 Å². The number of nitrogens with one attached hydrogen (secondary N) is 1. The van der Waals surface area contributed by atoms with Crippen LogP contribution in [-0.4, -0.2) is 105 Å². The van der Waals surface area contributed by atoms with Gasteiger partial charge in [-0.2, -0.15) is 0 Å². The molecule has 4 heterocycles. The van der Waals surface area contributed by atoms with Gasteiger partial charge < -0.3 is 20.4 Å². The molecule has 0 spiro atoms. The summed E-state index contributed by atoms with van der Waals surface area (Å²) in [7, 11) is 0. The number of carbonyl (C=O) groups excluding carboxylic acids is 2. The molecular weight excluding hydrogens is 428 g/mol. The highest BCUT2D eigenvalue weighted by Gasteiger charge is 2.58. The van der Waals surface area contributed by atoms with Crippen molar-refractivity contribution in [2.75, 3.05) is 45.8 Å². The molecule has 0 bridgehead atoms. The maximum atomic E-state index is 12.5. The second kappa shape index (κ2) is 9.07. The first-order valence-corrected chi connectivity index (χ1v) is 12.2. The number of carbonyl (C=O) groups is 3. The lowest BCUT2D eigenvalue weighted by Gasteiger charge is -2.44. The van der Waals surface area contributed by atoms with E-state index < -0.39 is 18.0 Å². The summed E-state index contributed by atoms with van der Waals surface area (Å²) < 4.78 is 0.645. The Hall–Kier alpha value is -1.27. The van der Waals surface area contributed by atoms with E-state index in [2.05, 4.69) is 10.2 Å². The summed E-state index contributed by atoms with van der Waals surface area (Å²) in [5, 5.41) is 22.9. The SMILES string of the molecule is CC[C@H](O)[C@@H]1C(=O)N2C(C(=O)O)=C(SC3CCN(CC(=O)N4CCNCC4)C3)S[C@H]12. The van der Waals surface area contributed by atoms with Crippen LogP contribution in [0.2, 0.25) is 0 Å². The summed E-state index contributed by atoms with van der Waals surface area (Å²) in [6.07, 6.45) is 0.588. The van der Waals surface area contributed by atoms with Gasteiger partial charge in [0.1, 0.15) is 5.37 Å². The fourth-order valence-corrected chi connectivity index (χ4v) is 7.70. The number of aliphatic carboxylic acids is 1. The Morgan fingerprint density at radius 2 is 2.03 bits per heavy atom. The Kier molecular flexibility index (Phi) is 6.64. The molecule has 4 atom stereocenters. The van der Waals surface area contributed by atoms with Gasteiger partial charge in [0, 0.05) is 38.0 Å². The highest BCUT2D eigenvalue weighted by Crippen LogP contribution is 2.55. The molecule has 4 aliphatic heterocycles. The molecule has 0 aromatic carbocycles. The molecule has 0 saturated carbocycles. The molecule has 0 aromatic heterocycles. The van der Waals surface area contributed by atoms with Crippen LogP contribution >= 0.6 is 23.5 Å². The van der Waals surface area contributed by atoms with E-state index in [0.29, 0.717) is 17.2 Å². The number of hydrogen-bond acceptors (Lipinski definition) is 8. The fraction of sp³-hybridized carbons (Fsp3) is 0.737. The first kappa shape index (κ1) is 21.9. The molecule has 3 saturated heterocycles. The van der Waals surface area contributed by atoms with Gasteiger partial charge >= 0.3 is 5.97 Å². The maximum Gasteiger partial charge on any atom is 0.354 e. The van der Waals surface area contributed by atoms with Gasteiger partial charge in [0.25, 0.3) is 0 Å². The Morgan fingerprint density at radius 3 is 2.70 bits per heavy atom. The highest BCUT2D eigenvalue weighted by atomic mass is 32.2. The molecule has 9 nitrogen and oxygen atoms in total. The van der Waals surface area contributed by atoms with Crippen molar-refractivity contribution < 1.29 is 24.6 Å². The number of hydrogen-bond donors (Lipinski definition) is 3. The molecule has 0 aliphatic carbocycles. The minimum atomic E-state index is -1.10. The van der Waals surface area contributed by atoms with Crippen molar-refractivity contribution >= 4 is 41.3 Å². The van der Waals surface area contributed by atoms with Gasteiger partial charge in [0.05, 0.1) is 22.8 Å². The van der Waals surface area contributed by atoms with Crippen molar-refractivity contribution in [2.45, 2.75) is 36.5 Å². The van der Waals surface area contributed by atoms with Crippen LogP contribution in [0.4, 0.5) is 0 Å². The lowest BCUT2D eigenvalue weighted by Crippen LogP contribution is -2.61. The van der Waals surface area contributed by atoms with Crippen molar-refractivity contribution in [3.8, 4) is 0 Å².